The van der Waals surface area contributed by atoms with E-state index in [0.717, 1.165) is 11.3 Å². The molecule has 0 radical (unpaired) electrons. The molecule has 0 aliphatic heterocycles. The first-order valence-electron chi connectivity index (χ1n) is 8.50. The molecule has 0 saturated carbocycles. The Morgan fingerprint density at radius 3 is 2.52 bits per heavy atom. The summed E-state index contributed by atoms with van der Waals surface area (Å²) in [4.78, 5) is 24.8. The fraction of sp³-hybridized carbons (Fsp3) is 0.200. The summed E-state index contributed by atoms with van der Waals surface area (Å²) in [5, 5.41) is 6.16. The summed E-state index contributed by atoms with van der Waals surface area (Å²) in [6.45, 7) is 4.35. The van der Waals surface area contributed by atoms with Gasteiger partial charge in [-0.3, -0.25) is 9.59 Å². The molecular weight excluding hydrogens is 364 g/mol. The molecule has 0 aliphatic carbocycles. The molecule has 2 amide bonds. The minimum atomic E-state index is -0.350. The number of hydrogen-bond acceptors (Lipinski definition) is 5. The summed E-state index contributed by atoms with van der Waals surface area (Å²) >= 11 is 1.21. The largest absolute Gasteiger partial charge is 0.491 e. The first kappa shape index (κ1) is 18.7. The number of benzene rings is 1. The lowest BCUT2D eigenvalue weighted by molar-refractivity contribution is 0.0953. The van der Waals surface area contributed by atoms with Crippen molar-refractivity contribution < 1.29 is 18.7 Å². The molecule has 6 nitrogen and oxygen atoms in total. The number of carbonyl (C=O) groups excluding carboxylic acids is 2. The molecule has 0 atom stereocenters. The van der Waals surface area contributed by atoms with E-state index in [-0.39, 0.29) is 23.7 Å². The van der Waals surface area contributed by atoms with Gasteiger partial charge in [-0.2, -0.15) is 0 Å². The average Bonchev–Trinajstić information content (AvgIpc) is 3.32. The third-order valence-electron chi connectivity index (χ3n) is 3.56. The molecule has 7 heteroatoms. The van der Waals surface area contributed by atoms with Crippen LogP contribution in [0.2, 0.25) is 0 Å². The van der Waals surface area contributed by atoms with Crippen molar-refractivity contribution in [2.45, 2.75) is 26.5 Å². The number of hydrogen-bond donors (Lipinski definition) is 2. The van der Waals surface area contributed by atoms with Crippen molar-refractivity contribution in [2.24, 2.45) is 0 Å². The lowest BCUT2D eigenvalue weighted by Crippen LogP contribution is -2.21. The van der Waals surface area contributed by atoms with Crippen molar-refractivity contribution in [2.75, 3.05) is 5.32 Å². The first-order valence-corrected chi connectivity index (χ1v) is 9.31. The second kappa shape index (κ2) is 8.55. The van der Waals surface area contributed by atoms with Crippen molar-refractivity contribution >= 4 is 28.2 Å². The van der Waals surface area contributed by atoms with E-state index >= 15 is 0 Å². The van der Waals surface area contributed by atoms with Gasteiger partial charge in [0.25, 0.3) is 11.8 Å². The molecule has 1 aromatic carbocycles. The van der Waals surface area contributed by atoms with Gasteiger partial charge >= 0.3 is 0 Å². The number of nitrogens with one attached hydrogen (secondary N) is 2. The second-order valence-electron chi connectivity index (χ2n) is 6.09. The third kappa shape index (κ3) is 5.21. The van der Waals surface area contributed by atoms with Crippen molar-refractivity contribution in [3.8, 4) is 5.75 Å². The Kier molecular flexibility index (Phi) is 5.93. The zero-order chi connectivity index (χ0) is 19.2. The quantitative estimate of drug-likeness (QED) is 0.636. The van der Waals surface area contributed by atoms with E-state index in [4.69, 9.17) is 9.15 Å². The van der Waals surface area contributed by atoms with Crippen molar-refractivity contribution in [1.82, 2.24) is 5.32 Å². The number of rotatable bonds is 7. The summed E-state index contributed by atoms with van der Waals surface area (Å²) in [5.74, 6) is 0.480. The molecule has 0 aliphatic rings. The summed E-state index contributed by atoms with van der Waals surface area (Å²) in [6, 6.07) is 14.2. The second-order valence-corrected chi connectivity index (χ2v) is 7.17. The smallest absolute Gasteiger partial charge is 0.291 e. The maximum Gasteiger partial charge on any atom is 0.291 e. The fourth-order valence-electron chi connectivity index (χ4n) is 2.34. The van der Waals surface area contributed by atoms with Crippen LogP contribution in [0.15, 0.2) is 59.2 Å². The third-order valence-corrected chi connectivity index (χ3v) is 4.56. The van der Waals surface area contributed by atoms with Crippen molar-refractivity contribution in [3.63, 3.8) is 0 Å². The van der Waals surface area contributed by atoms with Gasteiger partial charge in [-0.1, -0.05) is 12.1 Å². The highest BCUT2D eigenvalue weighted by Crippen LogP contribution is 2.23. The van der Waals surface area contributed by atoms with Crippen LogP contribution in [0.25, 0.3) is 0 Å². The van der Waals surface area contributed by atoms with Crippen LogP contribution >= 0.6 is 11.3 Å². The Labute approximate surface area is 161 Å². The molecule has 0 spiro atoms. The predicted octanol–water partition coefficient (Wildman–Crippen LogP) is 4.31. The Hall–Kier alpha value is -3.06. The van der Waals surface area contributed by atoms with Gasteiger partial charge in [-0.05, 0) is 55.8 Å². The highest BCUT2D eigenvalue weighted by molar-refractivity contribution is 7.18. The lowest BCUT2D eigenvalue weighted by atomic mass is 10.2. The highest BCUT2D eigenvalue weighted by atomic mass is 32.1. The zero-order valence-electron chi connectivity index (χ0n) is 15.0. The summed E-state index contributed by atoms with van der Waals surface area (Å²) < 4.78 is 10.6. The normalized spacial score (nSPS) is 10.6. The van der Waals surface area contributed by atoms with E-state index in [2.05, 4.69) is 10.6 Å². The van der Waals surface area contributed by atoms with E-state index in [1.807, 2.05) is 38.1 Å². The van der Waals surface area contributed by atoms with Gasteiger partial charge in [-0.15, -0.1) is 11.3 Å². The zero-order valence-corrected chi connectivity index (χ0v) is 15.8. The van der Waals surface area contributed by atoms with Crippen LogP contribution in [-0.2, 0) is 6.54 Å². The van der Waals surface area contributed by atoms with E-state index in [1.165, 1.54) is 17.6 Å². The summed E-state index contributed by atoms with van der Waals surface area (Å²) in [6.07, 6.45) is 1.56. The van der Waals surface area contributed by atoms with Crippen LogP contribution in [0.3, 0.4) is 0 Å². The molecule has 0 bridgehead atoms. The molecule has 2 N–H and O–H groups in total. The van der Waals surface area contributed by atoms with Gasteiger partial charge in [0, 0.05) is 6.54 Å². The molecule has 0 fully saturated rings. The fourth-order valence-corrected chi connectivity index (χ4v) is 3.15. The Morgan fingerprint density at radius 2 is 1.85 bits per heavy atom. The van der Waals surface area contributed by atoms with Gasteiger partial charge in [0.05, 0.1) is 22.2 Å². The van der Waals surface area contributed by atoms with Crippen molar-refractivity contribution in [1.29, 1.82) is 0 Å². The Bertz CT molecular complexity index is 898. The number of ether oxygens (including phenoxy) is 1. The first-order chi connectivity index (χ1) is 13.0. The number of anilines is 1. The molecule has 2 aromatic heterocycles. The monoisotopic (exact) mass is 384 g/mol. The van der Waals surface area contributed by atoms with Gasteiger partial charge in [0.15, 0.2) is 5.76 Å². The SMILES string of the molecule is CC(C)Oc1ccc(CNC(=O)c2ccc(NC(=O)c3ccco3)s2)cc1. The van der Waals surface area contributed by atoms with Crippen LogP contribution in [0.1, 0.15) is 39.6 Å². The molecular formula is C20H20N2O4S. The maximum absolute atomic E-state index is 12.3. The molecule has 3 aromatic rings. The van der Waals surface area contributed by atoms with Crippen LogP contribution in [0.5, 0.6) is 5.75 Å². The summed E-state index contributed by atoms with van der Waals surface area (Å²) in [7, 11) is 0. The highest BCUT2D eigenvalue weighted by Gasteiger charge is 2.13. The van der Waals surface area contributed by atoms with Crippen LogP contribution in [0, 0.1) is 0 Å². The van der Waals surface area contributed by atoms with Crippen LogP contribution in [0.4, 0.5) is 5.00 Å². The molecule has 140 valence electrons. The van der Waals surface area contributed by atoms with E-state index in [9.17, 15) is 9.59 Å². The van der Waals surface area contributed by atoms with Gasteiger partial charge in [0.2, 0.25) is 0 Å². The van der Waals surface area contributed by atoms with Gasteiger partial charge in [0.1, 0.15) is 5.75 Å². The topological polar surface area (TPSA) is 80.6 Å². The average molecular weight is 384 g/mol. The number of furan rings is 1. The Morgan fingerprint density at radius 1 is 1.07 bits per heavy atom. The van der Waals surface area contributed by atoms with Gasteiger partial charge in [-0.25, -0.2) is 0 Å². The van der Waals surface area contributed by atoms with Crippen LogP contribution < -0.4 is 15.4 Å². The molecule has 2 heterocycles. The van der Waals surface area contributed by atoms with E-state index < -0.39 is 0 Å². The number of carbonyl (C=O) groups is 2. The maximum atomic E-state index is 12.3. The summed E-state index contributed by atoms with van der Waals surface area (Å²) in [5.41, 5.74) is 0.974. The van der Waals surface area contributed by atoms with E-state index in [0.29, 0.717) is 16.4 Å². The predicted molar refractivity (Wildman–Crippen MR) is 104 cm³/mol. The van der Waals surface area contributed by atoms with Crippen molar-refractivity contribution in [3.05, 3.63) is 71.0 Å². The minimum Gasteiger partial charge on any atom is -0.491 e. The van der Waals surface area contributed by atoms with E-state index in [1.54, 1.807) is 24.3 Å². The lowest BCUT2D eigenvalue weighted by Gasteiger charge is -2.10. The number of thiophene rings is 1. The molecule has 27 heavy (non-hydrogen) atoms. The number of amides is 2. The minimum absolute atomic E-state index is 0.122. The molecule has 0 saturated heterocycles. The molecule has 3 rings (SSSR count). The standard InChI is InChI=1S/C20H20N2O4S/c1-13(2)26-15-7-5-14(6-8-15)12-21-20(24)17-9-10-18(27-17)22-19(23)16-4-3-11-25-16/h3-11,13H,12H2,1-2H3,(H,21,24)(H,22,23). The molecule has 0 unspecified atom stereocenters. The Balaban J connectivity index is 1.52. The van der Waals surface area contributed by atoms with Gasteiger partial charge < -0.3 is 19.8 Å². The van der Waals surface area contributed by atoms with Crippen LogP contribution in [-0.4, -0.2) is 17.9 Å².